The number of anilines is 1. The van der Waals surface area contributed by atoms with E-state index in [-0.39, 0.29) is 4.90 Å². The van der Waals surface area contributed by atoms with Crippen molar-refractivity contribution < 1.29 is 17.9 Å². The lowest BCUT2D eigenvalue weighted by Crippen LogP contribution is -2.32. The SMILES string of the molecule is COCCNC(=S)Nc1cc(S(=O)(=O)N2CCCCCC2)ccc1OC. The second-order valence-corrected chi connectivity index (χ2v) is 8.40. The van der Waals surface area contributed by atoms with E-state index in [0.29, 0.717) is 42.8 Å². The Kier molecular flexibility index (Phi) is 8.08. The summed E-state index contributed by atoms with van der Waals surface area (Å²) >= 11 is 5.24. The van der Waals surface area contributed by atoms with Gasteiger partial charge in [-0.2, -0.15) is 4.31 Å². The van der Waals surface area contributed by atoms with Crippen LogP contribution in [0.15, 0.2) is 23.1 Å². The van der Waals surface area contributed by atoms with Crippen molar-refractivity contribution in [2.75, 3.05) is 45.8 Å². The topological polar surface area (TPSA) is 79.9 Å². The lowest BCUT2D eigenvalue weighted by Gasteiger charge is -2.21. The molecule has 2 rings (SSSR count). The van der Waals surface area contributed by atoms with Crippen LogP contribution in [0.1, 0.15) is 25.7 Å². The van der Waals surface area contributed by atoms with E-state index in [4.69, 9.17) is 21.7 Å². The molecule has 146 valence electrons. The minimum absolute atomic E-state index is 0.238. The molecule has 1 aliphatic heterocycles. The van der Waals surface area contributed by atoms with E-state index in [1.807, 2.05) is 0 Å². The van der Waals surface area contributed by atoms with Gasteiger partial charge in [0.1, 0.15) is 5.75 Å². The average Bonchev–Trinajstić information content (AvgIpc) is 2.92. The summed E-state index contributed by atoms with van der Waals surface area (Å²) in [7, 11) is -0.393. The summed E-state index contributed by atoms with van der Waals surface area (Å²) in [6.45, 7) is 2.20. The highest BCUT2D eigenvalue weighted by atomic mass is 32.2. The third-order valence-electron chi connectivity index (χ3n) is 4.21. The maximum absolute atomic E-state index is 13.0. The molecule has 1 heterocycles. The molecule has 0 saturated carbocycles. The van der Waals surface area contributed by atoms with Crippen LogP contribution in [0.25, 0.3) is 0 Å². The monoisotopic (exact) mass is 401 g/mol. The zero-order valence-corrected chi connectivity index (χ0v) is 16.9. The van der Waals surface area contributed by atoms with Crippen molar-refractivity contribution >= 4 is 33.0 Å². The number of nitrogens with one attached hydrogen (secondary N) is 2. The summed E-state index contributed by atoms with van der Waals surface area (Å²) in [6, 6.07) is 4.79. The normalized spacial score (nSPS) is 15.9. The number of rotatable bonds is 7. The van der Waals surface area contributed by atoms with Crippen molar-refractivity contribution in [1.29, 1.82) is 0 Å². The van der Waals surface area contributed by atoms with Crippen molar-refractivity contribution in [2.24, 2.45) is 0 Å². The number of nitrogens with zero attached hydrogens (tertiary/aromatic N) is 1. The number of hydrogen-bond acceptors (Lipinski definition) is 5. The fourth-order valence-electron chi connectivity index (χ4n) is 2.81. The van der Waals surface area contributed by atoms with Gasteiger partial charge in [0.2, 0.25) is 10.0 Å². The molecular weight excluding hydrogens is 374 g/mol. The number of thiocarbonyl (C=S) groups is 1. The Hall–Kier alpha value is -1.42. The second kappa shape index (κ2) is 10.1. The van der Waals surface area contributed by atoms with Crippen LogP contribution >= 0.6 is 12.2 Å². The van der Waals surface area contributed by atoms with Crippen LogP contribution in [0.3, 0.4) is 0 Å². The Bertz CT molecular complexity index is 702. The molecule has 1 aliphatic rings. The average molecular weight is 402 g/mol. The highest BCUT2D eigenvalue weighted by Gasteiger charge is 2.26. The maximum Gasteiger partial charge on any atom is 0.243 e. The van der Waals surface area contributed by atoms with Crippen LogP contribution in [0.4, 0.5) is 5.69 Å². The summed E-state index contributed by atoms with van der Waals surface area (Å²) < 4.78 is 37.8. The van der Waals surface area contributed by atoms with Gasteiger partial charge in [0.25, 0.3) is 0 Å². The fourth-order valence-corrected chi connectivity index (χ4v) is 4.57. The Morgan fingerprint density at radius 2 is 1.88 bits per heavy atom. The third kappa shape index (κ3) is 5.54. The molecule has 1 fully saturated rings. The minimum Gasteiger partial charge on any atom is -0.495 e. The van der Waals surface area contributed by atoms with Gasteiger partial charge in [-0.3, -0.25) is 0 Å². The lowest BCUT2D eigenvalue weighted by molar-refractivity contribution is 0.204. The van der Waals surface area contributed by atoms with Crippen LogP contribution in [0.5, 0.6) is 5.75 Å². The quantitative estimate of drug-likeness (QED) is 0.535. The number of hydrogen-bond donors (Lipinski definition) is 2. The van der Waals surface area contributed by atoms with Crippen LogP contribution in [-0.2, 0) is 14.8 Å². The molecule has 0 amide bonds. The molecule has 0 radical (unpaired) electrons. The first-order chi connectivity index (χ1) is 12.5. The number of benzene rings is 1. The van der Waals surface area contributed by atoms with Crippen LogP contribution in [0.2, 0.25) is 0 Å². The molecule has 1 aromatic rings. The van der Waals surface area contributed by atoms with Crippen molar-refractivity contribution in [1.82, 2.24) is 9.62 Å². The molecule has 0 bridgehead atoms. The Labute approximate surface area is 161 Å². The van der Waals surface area contributed by atoms with E-state index < -0.39 is 10.0 Å². The summed E-state index contributed by atoms with van der Waals surface area (Å²) in [4.78, 5) is 0.238. The van der Waals surface area contributed by atoms with E-state index in [1.54, 1.807) is 29.6 Å². The van der Waals surface area contributed by atoms with E-state index in [9.17, 15) is 8.42 Å². The standard InChI is InChI=1S/C17H27N3O4S2/c1-23-12-9-18-17(25)19-15-13-14(7-8-16(15)24-2)26(21,22)20-10-5-3-4-6-11-20/h7-8,13H,3-6,9-12H2,1-2H3,(H2,18,19,25). The van der Waals surface area contributed by atoms with Gasteiger partial charge in [0.15, 0.2) is 5.11 Å². The molecule has 2 N–H and O–H groups in total. The van der Waals surface area contributed by atoms with Crippen molar-refractivity contribution in [3.05, 3.63) is 18.2 Å². The molecule has 0 atom stereocenters. The van der Waals surface area contributed by atoms with Crippen LogP contribution in [0, 0.1) is 0 Å². The van der Waals surface area contributed by atoms with Gasteiger partial charge in [-0.25, -0.2) is 8.42 Å². The van der Waals surface area contributed by atoms with E-state index >= 15 is 0 Å². The molecule has 7 nitrogen and oxygen atoms in total. The lowest BCUT2D eigenvalue weighted by atomic mass is 10.2. The zero-order valence-electron chi connectivity index (χ0n) is 15.3. The Morgan fingerprint density at radius 3 is 2.50 bits per heavy atom. The van der Waals surface area contributed by atoms with Crippen LogP contribution in [-0.4, -0.2) is 58.3 Å². The Balaban J connectivity index is 2.20. The highest BCUT2D eigenvalue weighted by molar-refractivity contribution is 7.89. The first-order valence-corrected chi connectivity index (χ1v) is 10.6. The predicted molar refractivity (Wildman–Crippen MR) is 106 cm³/mol. The fraction of sp³-hybridized carbons (Fsp3) is 0.588. The maximum atomic E-state index is 13.0. The first-order valence-electron chi connectivity index (χ1n) is 8.71. The molecule has 26 heavy (non-hydrogen) atoms. The van der Waals surface area contributed by atoms with Crippen molar-refractivity contribution in [3.63, 3.8) is 0 Å². The molecule has 0 spiro atoms. The van der Waals surface area contributed by atoms with Crippen LogP contribution < -0.4 is 15.4 Å². The highest BCUT2D eigenvalue weighted by Crippen LogP contribution is 2.29. The zero-order chi connectivity index (χ0) is 19.0. The summed E-state index contributed by atoms with van der Waals surface area (Å²) in [6.07, 6.45) is 3.94. The van der Waals surface area contributed by atoms with Gasteiger partial charge in [-0.15, -0.1) is 0 Å². The van der Waals surface area contributed by atoms with Gasteiger partial charge in [-0.05, 0) is 43.3 Å². The van der Waals surface area contributed by atoms with Gasteiger partial charge < -0.3 is 20.1 Å². The largest absolute Gasteiger partial charge is 0.495 e. The smallest absolute Gasteiger partial charge is 0.243 e. The molecule has 0 aromatic heterocycles. The van der Waals surface area contributed by atoms with Crippen molar-refractivity contribution in [2.45, 2.75) is 30.6 Å². The number of methoxy groups -OCH3 is 2. The number of ether oxygens (including phenoxy) is 2. The molecule has 1 aromatic carbocycles. The van der Waals surface area contributed by atoms with E-state index in [0.717, 1.165) is 25.7 Å². The van der Waals surface area contributed by atoms with Gasteiger partial charge >= 0.3 is 0 Å². The summed E-state index contributed by atoms with van der Waals surface area (Å²) in [5.41, 5.74) is 0.512. The van der Waals surface area contributed by atoms with E-state index in [1.165, 1.54) is 7.11 Å². The molecule has 0 unspecified atom stereocenters. The second-order valence-electron chi connectivity index (χ2n) is 6.05. The molecular formula is C17H27N3O4S2. The summed E-state index contributed by atoms with van der Waals surface area (Å²) in [5.74, 6) is 0.524. The third-order valence-corrected chi connectivity index (χ3v) is 6.35. The van der Waals surface area contributed by atoms with Gasteiger partial charge in [-0.1, -0.05) is 12.8 Å². The molecule has 9 heteroatoms. The molecule has 1 saturated heterocycles. The van der Waals surface area contributed by atoms with Gasteiger partial charge in [0.05, 0.1) is 24.3 Å². The first kappa shape index (κ1) is 20.9. The summed E-state index contributed by atoms with van der Waals surface area (Å²) in [5, 5.41) is 6.38. The number of sulfonamides is 1. The predicted octanol–water partition coefficient (Wildman–Crippen LogP) is 2.19. The van der Waals surface area contributed by atoms with Crippen molar-refractivity contribution in [3.8, 4) is 5.75 Å². The van der Waals surface area contributed by atoms with Gasteiger partial charge in [0, 0.05) is 26.7 Å². The van der Waals surface area contributed by atoms with E-state index in [2.05, 4.69) is 10.6 Å². The minimum atomic E-state index is -3.54. The Morgan fingerprint density at radius 1 is 1.19 bits per heavy atom. The molecule has 0 aliphatic carbocycles.